The maximum atomic E-state index is 13.4. The van der Waals surface area contributed by atoms with Gasteiger partial charge in [-0.2, -0.15) is 0 Å². The molecule has 1 fully saturated rings. The second kappa shape index (κ2) is 15.4. The number of benzene rings is 2. The lowest BCUT2D eigenvalue weighted by Gasteiger charge is -2.53. The van der Waals surface area contributed by atoms with Crippen LogP contribution < -0.4 is 0 Å². The number of carbonyl (C=O) groups is 1. The fraction of sp³-hybridized carbons (Fsp3) is 0.552. The topological polar surface area (TPSA) is 147 Å². The van der Waals surface area contributed by atoms with Crippen LogP contribution in [0.3, 0.4) is 0 Å². The Kier molecular flexibility index (Phi) is 12.5. The summed E-state index contributed by atoms with van der Waals surface area (Å²) in [4.78, 5) is 24.4. The van der Waals surface area contributed by atoms with Crippen molar-refractivity contribution in [2.75, 3.05) is 26.3 Å². The fourth-order valence-electron chi connectivity index (χ4n) is 4.80. The Labute approximate surface area is 251 Å². The van der Waals surface area contributed by atoms with Gasteiger partial charge in [0.15, 0.2) is 12.4 Å². The average molecular weight is 624 g/mol. The normalized spacial score (nSPS) is 25.1. The minimum Gasteiger partial charge on any atom is -0.454 e. The largest absolute Gasteiger partial charge is 0.454 e. The standard InChI is InChI=1S/C29H41NO10SSi/c1-20-29(41-2,24(32)17-31)26(40-27(33)21-11-7-6-8-12-21)25(38-19-36-15-16-42(3,4)5)28(39-20)37-18-22-13-9-10-14-23(22)30(34)35/h6-14,20,24-26,28,31-32H,15-19H2,1-5H3/t20-,24?,25-,26-,28-,29-/m1/s1. The molecule has 0 saturated carbocycles. The van der Waals surface area contributed by atoms with E-state index in [2.05, 4.69) is 19.6 Å². The molecule has 42 heavy (non-hydrogen) atoms. The molecule has 1 aliphatic rings. The molecule has 0 radical (unpaired) electrons. The summed E-state index contributed by atoms with van der Waals surface area (Å²) in [7, 11) is -1.37. The van der Waals surface area contributed by atoms with Gasteiger partial charge in [-0.15, -0.1) is 11.8 Å². The molecule has 1 saturated heterocycles. The third-order valence-electron chi connectivity index (χ3n) is 7.21. The SMILES string of the molecule is CS[C@]1(C(O)CO)[C@H](OC(=O)c2ccccc2)[C@@H](OCOCC[Si](C)(C)C)[C@H](OCc2ccccc2[N+](=O)[O-])O[C@@H]1C. The van der Waals surface area contributed by atoms with Crippen molar-refractivity contribution in [2.45, 2.75) is 74.7 Å². The number of nitrogens with zero attached hydrogens (tertiary/aromatic N) is 1. The predicted molar refractivity (Wildman–Crippen MR) is 161 cm³/mol. The number of esters is 1. The Morgan fingerprint density at radius 2 is 1.81 bits per heavy atom. The van der Waals surface area contributed by atoms with Gasteiger partial charge in [-0.3, -0.25) is 10.1 Å². The minimum absolute atomic E-state index is 0.116. The zero-order valence-electron chi connectivity index (χ0n) is 24.6. The van der Waals surface area contributed by atoms with Crippen molar-refractivity contribution in [3.8, 4) is 0 Å². The van der Waals surface area contributed by atoms with Crippen molar-refractivity contribution in [3.63, 3.8) is 0 Å². The van der Waals surface area contributed by atoms with Gasteiger partial charge in [0.2, 0.25) is 0 Å². The molecule has 0 amide bonds. The summed E-state index contributed by atoms with van der Waals surface area (Å²) in [6.07, 6.45) is -3.93. The van der Waals surface area contributed by atoms with E-state index in [9.17, 15) is 25.1 Å². The van der Waals surface area contributed by atoms with E-state index in [1.807, 2.05) is 0 Å². The molecule has 0 spiro atoms. The molecule has 0 aliphatic carbocycles. The number of hydrogen-bond acceptors (Lipinski definition) is 11. The first-order chi connectivity index (χ1) is 19.9. The van der Waals surface area contributed by atoms with E-state index in [1.54, 1.807) is 61.7 Å². The number of nitro groups is 1. The molecule has 1 unspecified atom stereocenters. The molecule has 3 rings (SSSR count). The molecule has 0 bridgehead atoms. The van der Waals surface area contributed by atoms with Gasteiger partial charge in [-0.05, 0) is 37.4 Å². The first-order valence-corrected chi connectivity index (χ1v) is 18.7. The van der Waals surface area contributed by atoms with Gasteiger partial charge < -0.3 is 33.9 Å². The smallest absolute Gasteiger partial charge is 0.338 e. The second-order valence-corrected chi connectivity index (χ2v) is 18.0. The van der Waals surface area contributed by atoms with Crippen LogP contribution in [0.2, 0.25) is 25.7 Å². The fourth-order valence-corrected chi connectivity index (χ4v) is 6.71. The lowest BCUT2D eigenvalue weighted by molar-refractivity contribution is -0.386. The van der Waals surface area contributed by atoms with Crippen LogP contribution in [0, 0.1) is 10.1 Å². The monoisotopic (exact) mass is 623 g/mol. The zero-order valence-corrected chi connectivity index (χ0v) is 26.5. The summed E-state index contributed by atoms with van der Waals surface area (Å²) in [6, 6.07) is 15.5. The molecule has 2 aromatic carbocycles. The van der Waals surface area contributed by atoms with E-state index in [1.165, 1.54) is 17.8 Å². The Bertz CT molecular complexity index is 1170. The highest BCUT2D eigenvalue weighted by atomic mass is 32.2. The van der Waals surface area contributed by atoms with E-state index in [0.717, 1.165) is 6.04 Å². The number of hydrogen-bond donors (Lipinski definition) is 2. The van der Waals surface area contributed by atoms with Crippen molar-refractivity contribution in [1.29, 1.82) is 0 Å². The quantitative estimate of drug-likeness (QED) is 0.0733. The Morgan fingerprint density at radius 1 is 1.14 bits per heavy atom. The molecule has 2 N–H and O–H groups in total. The number of rotatable bonds is 15. The summed E-state index contributed by atoms with van der Waals surface area (Å²) in [5, 5.41) is 32.8. The highest BCUT2D eigenvalue weighted by Crippen LogP contribution is 2.45. The van der Waals surface area contributed by atoms with Gasteiger partial charge in [0, 0.05) is 20.7 Å². The Hall–Kier alpha value is -2.36. The maximum Gasteiger partial charge on any atom is 0.338 e. The molecular weight excluding hydrogens is 582 g/mol. The van der Waals surface area contributed by atoms with Gasteiger partial charge in [-0.25, -0.2) is 4.79 Å². The van der Waals surface area contributed by atoms with Crippen LogP contribution >= 0.6 is 11.8 Å². The van der Waals surface area contributed by atoms with Crippen molar-refractivity contribution >= 4 is 31.5 Å². The Balaban J connectivity index is 1.97. The maximum absolute atomic E-state index is 13.4. The van der Waals surface area contributed by atoms with Crippen LogP contribution in [-0.4, -0.2) is 90.9 Å². The number of aliphatic hydroxyl groups excluding tert-OH is 2. The summed E-state index contributed by atoms with van der Waals surface area (Å²) in [5.41, 5.74) is 0.487. The van der Waals surface area contributed by atoms with Crippen molar-refractivity contribution in [2.24, 2.45) is 0 Å². The highest BCUT2D eigenvalue weighted by Gasteiger charge is 2.61. The van der Waals surface area contributed by atoms with E-state index in [0.29, 0.717) is 12.2 Å². The molecule has 232 valence electrons. The predicted octanol–water partition coefficient (Wildman–Crippen LogP) is 4.23. The minimum atomic E-state index is -1.37. The number of thioether (sulfide) groups is 1. The zero-order chi connectivity index (χ0) is 30.9. The van der Waals surface area contributed by atoms with Gasteiger partial charge in [0.05, 0.1) is 41.5 Å². The molecule has 6 atom stereocenters. The van der Waals surface area contributed by atoms with Crippen LogP contribution in [0.15, 0.2) is 54.6 Å². The van der Waals surface area contributed by atoms with Crippen LogP contribution in [0.1, 0.15) is 22.8 Å². The van der Waals surface area contributed by atoms with Crippen LogP contribution in [0.25, 0.3) is 0 Å². The third-order valence-corrected chi connectivity index (χ3v) is 10.5. The van der Waals surface area contributed by atoms with Crippen molar-refractivity contribution in [1.82, 2.24) is 0 Å². The van der Waals surface area contributed by atoms with Crippen LogP contribution in [0.5, 0.6) is 0 Å². The molecule has 1 aliphatic heterocycles. The second-order valence-electron chi connectivity index (χ2n) is 11.3. The molecule has 1 heterocycles. The van der Waals surface area contributed by atoms with E-state index in [-0.39, 0.29) is 24.7 Å². The van der Waals surface area contributed by atoms with E-state index >= 15 is 0 Å². The summed E-state index contributed by atoms with van der Waals surface area (Å²) in [6.45, 7) is 7.81. The van der Waals surface area contributed by atoms with Crippen molar-refractivity contribution in [3.05, 3.63) is 75.8 Å². The third kappa shape index (κ3) is 8.38. The van der Waals surface area contributed by atoms with Gasteiger partial charge >= 0.3 is 5.97 Å². The van der Waals surface area contributed by atoms with Gasteiger partial charge in [0.25, 0.3) is 5.69 Å². The summed E-state index contributed by atoms with van der Waals surface area (Å²) < 4.78 is 29.0. The van der Waals surface area contributed by atoms with Gasteiger partial charge in [-0.1, -0.05) is 50.0 Å². The lowest BCUT2D eigenvalue weighted by Crippen LogP contribution is -2.70. The number of carbonyl (C=O) groups excluding carboxylic acids is 1. The van der Waals surface area contributed by atoms with Crippen LogP contribution in [-0.2, 0) is 30.3 Å². The number of para-hydroxylation sites is 1. The first kappa shape index (κ1) is 34.1. The first-order valence-electron chi connectivity index (χ1n) is 13.7. The molecule has 0 aromatic heterocycles. The van der Waals surface area contributed by atoms with E-state index in [4.69, 9.17) is 23.7 Å². The van der Waals surface area contributed by atoms with Crippen molar-refractivity contribution < 1.29 is 43.6 Å². The van der Waals surface area contributed by atoms with E-state index < -0.39 is 61.0 Å². The highest BCUT2D eigenvalue weighted by molar-refractivity contribution is 8.00. The van der Waals surface area contributed by atoms with Crippen LogP contribution in [0.4, 0.5) is 5.69 Å². The molecular formula is C29H41NO10SSi. The Morgan fingerprint density at radius 3 is 2.43 bits per heavy atom. The van der Waals surface area contributed by atoms with Gasteiger partial charge in [0.1, 0.15) is 17.6 Å². The lowest BCUT2D eigenvalue weighted by atomic mass is 9.83. The average Bonchev–Trinajstić information content (AvgIpc) is 2.96. The molecule has 11 nitrogen and oxygen atoms in total. The molecule has 13 heteroatoms. The molecule has 2 aromatic rings. The summed E-state index contributed by atoms with van der Waals surface area (Å²) in [5.74, 6) is -0.663. The number of ether oxygens (including phenoxy) is 5. The summed E-state index contributed by atoms with van der Waals surface area (Å²) >= 11 is 1.18. The number of aliphatic hydroxyl groups is 2. The number of nitro benzene ring substituents is 1.